The van der Waals surface area contributed by atoms with Crippen LogP contribution >= 0.6 is 11.3 Å². The summed E-state index contributed by atoms with van der Waals surface area (Å²) in [5.74, 6) is 0.610. The molecule has 4 heteroatoms. The number of hydrogen-bond acceptors (Lipinski definition) is 3. The predicted octanol–water partition coefficient (Wildman–Crippen LogP) is 4.86. The molecule has 3 rings (SSSR count). The van der Waals surface area contributed by atoms with E-state index >= 15 is 0 Å². The quantitative estimate of drug-likeness (QED) is 0.785. The van der Waals surface area contributed by atoms with Crippen molar-refractivity contribution < 1.29 is 0 Å². The molecule has 22 heavy (non-hydrogen) atoms. The third kappa shape index (κ3) is 4.43. The molecule has 0 unspecified atom stereocenters. The fraction of sp³-hybridized carbons (Fsp3) is 0.611. The molecular weight excluding hydrogens is 290 g/mol. The van der Waals surface area contributed by atoms with Crippen molar-refractivity contribution >= 4 is 11.3 Å². The smallest absolute Gasteiger partial charge is 0.0576 e. The van der Waals surface area contributed by atoms with Gasteiger partial charge in [0.2, 0.25) is 0 Å². The van der Waals surface area contributed by atoms with E-state index < -0.39 is 0 Å². The summed E-state index contributed by atoms with van der Waals surface area (Å²) in [6.45, 7) is 13.1. The van der Waals surface area contributed by atoms with E-state index in [9.17, 15) is 0 Å². The van der Waals surface area contributed by atoms with Crippen LogP contribution in [0.1, 0.15) is 51.3 Å². The first kappa shape index (κ1) is 17.2. The van der Waals surface area contributed by atoms with E-state index in [1.807, 2.05) is 31.4 Å². The first-order valence-electron chi connectivity index (χ1n) is 8.57. The lowest BCUT2D eigenvalue weighted by Gasteiger charge is -2.13. The molecule has 0 radical (unpaired) electrons. The number of likely N-dealkylation sites (tertiary alicyclic amines) is 1. The molecule has 3 heterocycles. The standard InChI is InChI=1S/C16H23N3S.C2H6/c1-13(2)15-5-6-16(20-15)14-11-17-19(12-14)10-9-18-7-3-4-8-18;1-2/h5-6,11-13H,3-4,7-10H2,1-2H3;1-2H3. The molecule has 2 aromatic heterocycles. The highest BCUT2D eigenvalue weighted by atomic mass is 32.1. The summed E-state index contributed by atoms with van der Waals surface area (Å²) < 4.78 is 2.09. The van der Waals surface area contributed by atoms with Crippen molar-refractivity contribution in [3.8, 4) is 10.4 Å². The lowest BCUT2D eigenvalue weighted by atomic mass is 10.2. The summed E-state index contributed by atoms with van der Waals surface area (Å²) in [5.41, 5.74) is 1.25. The maximum absolute atomic E-state index is 4.50. The van der Waals surface area contributed by atoms with Gasteiger partial charge < -0.3 is 4.90 Å². The lowest BCUT2D eigenvalue weighted by molar-refractivity contribution is 0.316. The van der Waals surface area contributed by atoms with E-state index in [4.69, 9.17) is 0 Å². The molecule has 1 saturated heterocycles. The van der Waals surface area contributed by atoms with Gasteiger partial charge in [-0.15, -0.1) is 11.3 Å². The molecule has 0 N–H and O–H groups in total. The van der Waals surface area contributed by atoms with Gasteiger partial charge in [0.15, 0.2) is 0 Å². The SMILES string of the molecule is CC.CC(C)c1ccc(-c2cnn(CCN3CCCC3)c2)s1. The largest absolute Gasteiger partial charge is 0.301 e. The zero-order valence-electron chi connectivity index (χ0n) is 14.4. The van der Waals surface area contributed by atoms with Crippen molar-refractivity contribution in [3.63, 3.8) is 0 Å². The van der Waals surface area contributed by atoms with Crippen molar-refractivity contribution in [2.45, 2.75) is 53.0 Å². The van der Waals surface area contributed by atoms with Crippen LogP contribution in [0.5, 0.6) is 0 Å². The number of rotatable bonds is 5. The van der Waals surface area contributed by atoms with Gasteiger partial charge in [0.05, 0.1) is 12.7 Å². The molecule has 3 nitrogen and oxygen atoms in total. The summed E-state index contributed by atoms with van der Waals surface area (Å²) in [7, 11) is 0. The first-order chi connectivity index (χ1) is 10.7. The molecule has 122 valence electrons. The van der Waals surface area contributed by atoms with Crippen LogP contribution in [0.4, 0.5) is 0 Å². The second-order valence-corrected chi connectivity index (χ2v) is 7.01. The Hall–Kier alpha value is -1.13. The summed E-state index contributed by atoms with van der Waals surface area (Å²) in [4.78, 5) is 5.31. The van der Waals surface area contributed by atoms with Gasteiger partial charge in [0.1, 0.15) is 0 Å². The zero-order chi connectivity index (χ0) is 15.9. The van der Waals surface area contributed by atoms with Crippen molar-refractivity contribution in [2.75, 3.05) is 19.6 Å². The number of nitrogens with zero attached hydrogens (tertiary/aromatic N) is 3. The molecule has 2 aromatic rings. The van der Waals surface area contributed by atoms with Gasteiger partial charge in [0, 0.05) is 28.1 Å². The summed E-state index contributed by atoms with van der Waals surface area (Å²) in [5, 5.41) is 4.50. The molecular formula is C18H29N3S. The summed E-state index contributed by atoms with van der Waals surface area (Å²) in [6, 6.07) is 4.47. The van der Waals surface area contributed by atoms with Crippen molar-refractivity contribution in [1.29, 1.82) is 0 Å². The van der Waals surface area contributed by atoms with Crippen LogP contribution in [0.2, 0.25) is 0 Å². The van der Waals surface area contributed by atoms with Gasteiger partial charge in [-0.2, -0.15) is 5.10 Å². The van der Waals surface area contributed by atoms with Gasteiger partial charge in [-0.25, -0.2) is 0 Å². The van der Waals surface area contributed by atoms with E-state index in [1.54, 1.807) is 0 Å². The van der Waals surface area contributed by atoms with Gasteiger partial charge in [0.25, 0.3) is 0 Å². The highest BCUT2D eigenvalue weighted by molar-refractivity contribution is 7.15. The first-order valence-corrected chi connectivity index (χ1v) is 9.39. The predicted molar refractivity (Wildman–Crippen MR) is 96.7 cm³/mol. The molecule has 0 aliphatic carbocycles. The maximum Gasteiger partial charge on any atom is 0.0576 e. The highest BCUT2D eigenvalue weighted by Crippen LogP contribution is 2.31. The molecule has 0 spiro atoms. The van der Waals surface area contributed by atoms with E-state index in [-0.39, 0.29) is 0 Å². The fourth-order valence-electron chi connectivity index (χ4n) is 2.68. The summed E-state index contributed by atoms with van der Waals surface area (Å²) >= 11 is 1.89. The minimum Gasteiger partial charge on any atom is -0.301 e. The minimum atomic E-state index is 0.610. The summed E-state index contributed by atoms with van der Waals surface area (Å²) in [6.07, 6.45) is 6.90. The molecule has 0 bridgehead atoms. The monoisotopic (exact) mass is 319 g/mol. The molecule has 1 fully saturated rings. The van der Waals surface area contributed by atoms with Crippen molar-refractivity contribution in [1.82, 2.24) is 14.7 Å². The van der Waals surface area contributed by atoms with Gasteiger partial charge >= 0.3 is 0 Å². The van der Waals surface area contributed by atoms with Gasteiger partial charge in [-0.1, -0.05) is 27.7 Å². The Bertz CT molecular complexity index is 550. The Balaban J connectivity index is 0.000000847. The number of thiophene rings is 1. The van der Waals surface area contributed by atoms with Crippen molar-refractivity contribution in [3.05, 3.63) is 29.4 Å². The molecule has 0 amide bonds. The van der Waals surface area contributed by atoms with Gasteiger partial charge in [-0.05, 0) is 44.0 Å². The third-order valence-corrected chi connectivity index (χ3v) is 5.39. The van der Waals surface area contributed by atoms with Crippen LogP contribution in [-0.2, 0) is 6.54 Å². The zero-order valence-corrected chi connectivity index (χ0v) is 15.2. The number of aromatic nitrogens is 2. The molecule has 0 aromatic carbocycles. The second-order valence-electron chi connectivity index (χ2n) is 5.90. The Morgan fingerprint density at radius 2 is 1.86 bits per heavy atom. The lowest BCUT2D eigenvalue weighted by Crippen LogP contribution is -2.24. The molecule has 0 atom stereocenters. The minimum absolute atomic E-state index is 0.610. The van der Waals surface area contributed by atoms with Gasteiger partial charge in [-0.3, -0.25) is 4.68 Å². The van der Waals surface area contributed by atoms with Crippen LogP contribution in [0.3, 0.4) is 0 Å². The average Bonchev–Trinajstić information content (AvgIpc) is 3.27. The Morgan fingerprint density at radius 1 is 1.14 bits per heavy atom. The average molecular weight is 320 g/mol. The molecule has 1 aliphatic heterocycles. The Morgan fingerprint density at radius 3 is 2.50 bits per heavy atom. The highest BCUT2D eigenvalue weighted by Gasteiger charge is 2.12. The Labute approximate surface area is 139 Å². The van der Waals surface area contributed by atoms with Crippen molar-refractivity contribution in [2.24, 2.45) is 0 Å². The van der Waals surface area contributed by atoms with E-state index in [1.165, 1.54) is 41.2 Å². The normalized spacial score (nSPS) is 15.1. The third-order valence-electron chi connectivity index (χ3n) is 3.96. The van der Waals surface area contributed by atoms with Crippen LogP contribution in [0.15, 0.2) is 24.5 Å². The maximum atomic E-state index is 4.50. The Kier molecular flexibility index (Phi) is 6.65. The fourth-order valence-corrected chi connectivity index (χ4v) is 3.67. The van der Waals surface area contributed by atoms with Crippen LogP contribution in [0, 0.1) is 0 Å². The van der Waals surface area contributed by atoms with E-state index in [2.05, 4.69) is 46.9 Å². The molecule has 1 aliphatic rings. The van der Waals surface area contributed by atoms with E-state index in [0.717, 1.165) is 13.1 Å². The number of hydrogen-bond donors (Lipinski definition) is 0. The topological polar surface area (TPSA) is 21.1 Å². The van der Waals surface area contributed by atoms with E-state index in [0.29, 0.717) is 5.92 Å². The second kappa shape index (κ2) is 8.49. The van der Waals surface area contributed by atoms with Crippen LogP contribution in [-0.4, -0.2) is 34.3 Å². The molecule has 0 saturated carbocycles. The van der Waals surface area contributed by atoms with Crippen LogP contribution in [0.25, 0.3) is 10.4 Å². The van der Waals surface area contributed by atoms with Crippen LogP contribution < -0.4 is 0 Å².